The summed E-state index contributed by atoms with van der Waals surface area (Å²) in [6.07, 6.45) is 1.02. The van der Waals surface area contributed by atoms with E-state index in [-0.39, 0.29) is 11.9 Å². The van der Waals surface area contributed by atoms with Crippen LogP contribution in [-0.2, 0) is 4.79 Å². The molecular formula is C15H25N3O. The molecule has 0 aromatic heterocycles. The summed E-state index contributed by atoms with van der Waals surface area (Å²) in [5.41, 5.74) is 0.835. The molecule has 0 aliphatic rings. The van der Waals surface area contributed by atoms with Crippen LogP contribution >= 0.6 is 0 Å². The Bertz CT molecular complexity index is 378. The number of carbonyl (C=O) groups excluding carboxylic acids is 1. The van der Waals surface area contributed by atoms with Gasteiger partial charge >= 0.3 is 0 Å². The van der Waals surface area contributed by atoms with Gasteiger partial charge in [0.1, 0.15) is 0 Å². The van der Waals surface area contributed by atoms with Gasteiger partial charge in [-0.05, 0) is 53.0 Å². The first-order valence-corrected chi connectivity index (χ1v) is 6.75. The summed E-state index contributed by atoms with van der Waals surface area (Å²) < 4.78 is 0. The molecule has 1 amide bonds. The fourth-order valence-electron chi connectivity index (χ4n) is 1.81. The van der Waals surface area contributed by atoms with Crippen LogP contribution in [0.3, 0.4) is 0 Å². The molecule has 2 unspecified atom stereocenters. The maximum absolute atomic E-state index is 12.0. The van der Waals surface area contributed by atoms with Crippen LogP contribution in [0.2, 0.25) is 0 Å². The normalized spacial score (nSPS) is 14.2. The lowest BCUT2D eigenvalue weighted by Gasteiger charge is -2.21. The van der Waals surface area contributed by atoms with Crippen molar-refractivity contribution in [1.29, 1.82) is 0 Å². The Balaban J connectivity index is 2.36. The van der Waals surface area contributed by atoms with Crippen LogP contribution in [0.5, 0.6) is 0 Å². The first-order chi connectivity index (χ1) is 8.99. The van der Waals surface area contributed by atoms with Gasteiger partial charge in [0.05, 0.1) is 6.04 Å². The van der Waals surface area contributed by atoms with Gasteiger partial charge in [0.15, 0.2) is 0 Å². The maximum atomic E-state index is 12.0. The number of anilines is 1. The largest absolute Gasteiger partial charge is 0.325 e. The fraction of sp³-hybridized carbons (Fsp3) is 0.533. The van der Waals surface area contributed by atoms with Crippen LogP contribution < -0.4 is 10.6 Å². The third-order valence-electron chi connectivity index (χ3n) is 2.98. The molecule has 0 aliphatic carbocycles. The van der Waals surface area contributed by atoms with Crippen molar-refractivity contribution in [2.75, 3.05) is 26.0 Å². The van der Waals surface area contributed by atoms with Gasteiger partial charge in [-0.15, -0.1) is 0 Å². The molecule has 1 aromatic rings. The first kappa shape index (κ1) is 15.7. The van der Waals surface area contributed by atoms with Gasteiger partial charge < -0.3 is 15.5 Å². The van der Waals surface area contributed by atoms with E-state index in [1.165, 1.54) is 0 Å². The van der Waals surface area contributed by atoms with Gasteiger partial charge in [-0.25, -0.2) is 0 Å². The van der Waals surface area contributed by atoms with E-state index >= 15 is 0 Å². The molecular weight excluding hydrogens is 238 g/mol. The minimum atomic E-state index is -0.197. The van der Waals surface area contributed by atoms with E-state index < -0.39 is 0 Å². The van der Waals surface area contributed by atoms with Crippen molar-refractivity contribution in [2.24, 2.45) is 0 Å². The van der Waals surface area contributed by atoms with Gasteiger partial charge in [0.2, 0.25) is 5.91 Å². The average Bonchev–Trinajstić information content (AvgIpc) is 2.37. The highest BCUT2D eigenvalue weighted by Gasteiger charge is 2.15. The molecule has 1 rings (SSSR count). The smallest absolute Gasteiger partial charge is 0.241 e. The Morgan fingerprint density at radius 2 is 1.84 bits per heavy atom. The number of hydrogen-bond acceptors (Lipinski definition) is 3. The zero-order valence-electron chi connectivity index (χ0n) is 12.3. The monoisotopic (exact) mass is 263 g/mol. The SMILES string of the molecule is CC(CCN(C)C)NC(C)C(=O)Nc1ccccc1. The molecule has 0 bridgehead atoms. The summed E-state index contributed by atoms with van der Waals surface area (Å²) >= 11 is 0. The predicted octanol–water partition coefficient (Wildman–Crippen LogP) is 1.94. The van der Waals surface area contributed by atoms with Crippen molar-refractivity contribution >= 4 is 11.6 Å². The third kappa shape index (κ3) is 6.36. The molecule has 0 fully saturated rings. The Morgan fingerprint density at radius 1 is 1.21 bits per heavy atom. The summed E-state index contributed by atoms with van der Waals surface area (Å²) in [5, 5.41) is 6.22. The zero-order chi connectivity index (χ0) is 14.3. The summed E-state index contributed by atoms with van der Waals surface area (Å²) in [6, 6.07) is 9.65. The minimum absolute atomic E-state index is 0.00269. The summed E-state index contributed by atoms with van der Waals surface area (Å²) in [4.78, 5) is 14.1. The van der Waals surface area contributed by atoms with Crippen LogP contribution in [0.4, 0.5) is 5.69 Å². The van der Waals surface area contributed by atoms with Crippen LogP contribution in [0, 0.1) is 0 Å². The molecule has 1 aromatic carbocycles. The number of benzene rings is 1. The van der Waals surface area contributed by atoms with Gasteiger partial charge in [-0.3, -0.25) is 4.79 Å². The number of nitrogens with zero attached hydrogens (tertiary/aromatic N) is 1. The lowest BCUT2D eigenvalue weighted by molar-refractivity contribution is -0.117. The number of hydrogen-bond donors (Lipinski definition) is 2. The lowest BCUT2D eigenvalue weighted by atomic mass is 10.2. The standard InChI is InChI=1S/C15H25N3O/c1-12(10-11-18(3)4)16-13(2)15(19)17-14-8-6-5-7-9-14/h5-9,12-13,16H,10-11H2,1-4H3,(H,17,19). The second kappa shape index (κ2) is 7.92. The van der Waals surface area contributed by atoms with Gasteiger partial charge in [0.25, 0.3) is 0 Å². The van der Waals surface area contributed by atoms with Crippen molar-refractivity contribution < 1.29 is 4.79 Å². The highest BCUT2D eigenvalue weighted by atomic mass is 16.2. The molecule has 0 saturated heterocycles. The van der Waals surface area contributed by atoms with E-state index in [9.17, 15) is 4.79 Å². The molecule has 0 radical (unpaired) electrons. The van der Waals surface area contributed by atoms with Gasteiger partial charge in [-0.2, -0.15) is 0 Å². The predicted molar refractivity (Wildman–Crippen MR) is 80.3 cm³/mol. The van der Waals surface area contributed by atoms with Crippen LogP contribution in [0.25, 0.3) is 0 Å². The van der Waals surface area contributed by atoms with Crippen molar-refractivity contribution in [2.45, 2.75) is 32.4 Å². The molecule has 0 aliphatic heterocycles. The van der Waals surface area contributed by atoms with Crippen molar-refractivity contribution in [3.8, 4) is 0 Å². The van der Waals surface area contributed by atoms with E-state index in [0.29, 0.717) is 6.04 Å². The number of rotatable bonds is 7. The highest BCUT2D eigenvalue weighted by Crippen LogP contribution is 2.06. The number of para-hydroxylation sites is 1. The molecule has 106 valence electrons. The fourth-order valence-corrected chi connectivity index (χ4v) is 1.81. The zero-order valence-corrected chi connectivity index (χ0v) is 12.3. The molecule has 0 heterocycles. The van der Waals surface area contributed by atoms with Crippen LogP contribution in [0.15, 0.2) is 30.3 Å². The van der Waals surface area contributed by atoms with E-state index in [1.54, 1.807) is 0 Å². The average molecular weight is 263 g/mol. The second-order valence-corrected chi connectivity index (χ2v) is 5.24. The van der Waals surface area contributed by atoms with E-state index in [2.05, 4.69) is 36.6 Å². The van der Waals surface area contributed by atoms with E-state index in [1.807, 2.05) is 37.3 Å². The second-order valence-electron chi connectivity index (χ2n) is 5.24. The van der Waals surface area contributed by atoms with Gasteiger partial charge in [-0.1, -0.05) is 18.2 Å². The number of nitrogens with one attached hydrogen (secondary N) is 2. The summed E-state index contributed by atoms with van der Waals surface area (Å²) in [5.74, 6) is 0.00269. The number of carbonyl (C=O) groups is 1. The van der Waals surface area contributed by atoms with E-state index in [4.69, 9.17) is 0 Å². The molecule has 2 N–H and O–H groups in total. The first-order valence-electron chi connectivity index (χ1n) is 6.75. The Morgan fingerprint density at radius 3 is 2.42 bits per heavy atom. The van der Waals surface area contributed by atoms with Crippen molar-refractivity contribution in [1.82, 2.24) is 10.2 Å². The topological polar surface area (TPSA) is 44.4 Å². The molecule has 19 heavy (non-hydrogen) atoms. The van der Waals surface area contributed by atoms with Crippen molar-refractivity contribution in [3.63, 3.8) is 0 Å². The molecule has 4 nitrogen and oxygen atoms in total. The highest BCUT2D eigenvalue weighted by molar-refractivity contribution is 5.94. The quantitative estimate of drug-likeness (QED) is 0.790. The van der Waals surface area contributed by atoms with Gasteiger partial charge in [0, 0.05) is 11.7 Å². The third-order valence-corrected chi connectivity index (χ3v) is 2.98. The van der Waals surface area contributed by atoms with E-state index in [0.717, 1.165) is 18.7 Å². The Hall–Kier alpha value is -1.39. The van der Waals surface area contributed by atoms with Crippen molar-refractivity contribution in [3.05, 3.63) is 30.3 Å². The summed E-state index contributed by atoms with van der Waals surface area (Å²) in [7, 11) is 4.11. The van der Waals surface area contributed by atoms with Crippen LogP contribution in [0.1, 0.15) is 20.3 Å². The Labute approximate surface area is 116 Å². The molecule has 2 atom stereocenters. The lowest BCUT2D eigenvalue weighted by Crippen LogP contribution is -2.43. The number of amides is 1. The maximum Gasteiger partial charge on any atom is 0.241 e. The molecule has 0 spiro atoms. The molecule has 4 heteroatoms. The minimum Gasteiger partial charge on any atom is -0.325 e. The van der Waals surface area contributed by atoms with Crippen LogP contribution in [-0.4, -0.2) is 43.5 Å². The molecule has 0 saturated carbocycles. The Kier molecular flexibility index (Phi) is 6.53. The summed E-state index contributed by atoms with van der Waals surface area (Å²) in [6.45, 7) is 5.02.